The molecular formula is C59H55BN4S. The highest BCUT2D eigenvalue weighted by atomic mass is 32.1. The minimum absolute atomic E-state index is 0.00905. The molecule has 0 aliphatic carbocycles. The minimum atomic E-state index is -0.127. The Kier molecular flexibility index (Phi) is 8.02. The van der Waals surface area contributed by atoms with Crippen LogP contribution in [-0.2, 0) is 21.7 Å². The van der Waals surface area contributed by atoms with Crippen LogP contribution in [-0.4, -0.2) is 11.3 Å². The average Bonchev–Trinajstić information content (AvgIpc) is 3.79. The van der Waals surface area contributed by atoms with E-state index in [9.17, 15) is 5.26 Å². The van der Waals surface area contributed by atoms with Crippen molar-refractivity contribution in [3.63, 3.8) is 0 Å². The van der Waals surface area contributed by atoms with Crippen molar-refractivity contribution < 1.29 is 0 Å². The van der Waals surface area contributed by atoms with E-state index in [0.717, 1.165) is 22.7 Å². The van der Waals surface area contributed by atoms with Crippen LogP contribution in [0.25, 0.3) is 47.7 Å². The molecule has 0 spiro atoms. The van der Waals surface area contributed by atoms with Gasteiger partial charge in [0.2, 0.25) is 0 Å². The summed E-state index contributed by atoms with van der Waals surface area (Å²) < 4.78 is 5.14. The fourth-order valence-electron chi connectivity index (χ4n) is 11.1. The summed E-state index contributed by atoms with van der Waals surface area (Å²) in [5, 5.41) is 16.2. The van der Waals surface area contributed by atoms with Gasteiger partial charge < -0.3 is 14.4 Å². The Morgan fingerprint density at radius 3 is 1.78 bits per heavy atom. The molecular weight excluding hydrogens is 808 g/mol. The van der Waals surface area contributed by atoms with E-state index in [1.54, 1.807) is 0 Å². The maximum Gasteiger partial charge on any atom is 0.252 e. The number of hydrogen-bond donors (Lipinski definition) is 0. The first kappa shape index (κ1) is 40.2. The monoisotopic (exact) mass is 862 g/mol. The van der Waals surface area contributed by atoms with Gasteiger partial charge in [0.15, 0.2) is 0 Å². The van der Waals surface area contributed by atoms with Crippen LogP contribution in [0.1, 0.15) is 111 Å². The normalized spacial score (nSPS) is 14.4. The largest absolute Gasteiger partial charge is 0.311 e. The lowest BCUT2D eigenvalue weighted by Gasteiger charge is -2.47. The molecule has 0 amide bonds. The summed E-state index contributed by atoms with van der Waals surface area (Å²) >= 11 is 1.85. The fourth-order valence-corrected chi connectivity index (χ4v) is 12.2. The molecule has 0 radical (unpaired) electrons. The molecule has 0 atom stereocenters. The number of fused-ring (bicyclic) bond motifs is 12. The first-order valence-corrected chi connectivity index (χ1v) is 24.1. The molecule has 0 saturated carbocycles. The van der Waals surface area contributed by atoms with Gasteiger partial charge in [-0.1, -0.05) is 132 Å². The number of hydrogen-bond acceptors (Lipinski definition) is 4. The van der Waals surface area contributed by atoms with E-state index >= 15 is 0 Å². The van der Waals surface area contributed by atoms with Crippen molar-refractivity contribution in [3.05, 3.63) is 143 Å². The average molecular weight is 863 g/mol. The van der Waals surface area contributed by atoms with Gasteiger partial charge in [-0.2, -0.15) is 5.26 Å². The van der Waals surface area contributed by atoms with Crippen LogP contribution in [0.3, 0.4) is 0 Å². The van der Waals surface area contributed by atoms with E-state index in [0.29, 0.717) is 5.56 Å². The molecule has 3 aliphatic rings. The lowest BCUT2D eigenvalue weighted by atomic mass is 9.33. The molecule has 6 heteroatoms. The van der Waals surface area contributed by atoms with Gasteiger partial charge in [0, 0.05) is 53.7 Å². The molecule has 2 aromatic heterocycles. The molecule has 65 heavy (non-hydrogen) atoms. The summed E-state index contributed by atoms with van der Waals surface area (Å²) in [5.74, 6) is 0. The van der Waals surface area contributed by atoms with Crippen molar-refractivity contribution in [2.75, 3.05) is 9.80 Å². The van der Waals surface area contributed by atoms with Gasteiger partial charge in [-0.3, -0.25) is 0 Å². The lowest BCUT2D eigenvalue weighted by Crippen LogP contribution is -2.62. The van der Waals surface area contributed by atoms with Crippen LogP contribution >= 0.6 is 11.3 Å². The third-order valence-electron chi connectivity index (χ3n) is 14.7. The number of rotatable bonds is 1. The second kappa shape index (κ2) is 13.0. The molecule has 0 saturated heterocycles. The summed E-state index contributed by atoms with van der Waals surface area (Å²) in [5.41, 5.74) is 19.9. The molecule has 0 bridgehead atoms. The quantitative estimate of drug-likeness (QED) is 0.154. The van der Waals surface area contributed by atoms with Gasteiger partial charge in [0.05, 0.1) is 39.7 Å². The van der Waals surface area contributed by atoms with E-state index in [-0.39, 0.29) is 28.4 Å². The highest BCUT2D eigenvalue weighted by molar-refractivity contribution is 7.25. The number of nitriles is 1. The van der Waals surface area contributed by atoms with Gasteiger partial charge in [0.25, 0.3) is 6.71 Å². The molecule has 320 valence electrons. The number of thiophene rings is 1. The van der Waals surface area contributed by atoms with Gasteiger partial charge >= 0.3 is 0 Å². The van der Waals surface area contributed by atoms with Crippen LogP contribution in [0.5, 0.6) is 0 Å². The van der Waals surface area contributed by atoms with Crippen molar-refractivity contribution in [1.82, 2.24) is 4.57 Å². The molecule has 9 aromatic rings. The van der Waals surface area contributed by atoms with Crippen molar-refractivity contribution in [3.8, 4) is 11.8 Å². The van der Waals surface area contributed by atoms with Crippen LogP contribution < -0.4 is 26.2 Å². The second-order valence-electron chi connectivity index (χ2n) is 23.1. The summed E-state index contributed by atoms with van der Waals surface area (Å²) in [7, 11) is 0. The van der Waals surface area contributed by atoms with Crippen LogP contribution in [0.4, 0.5) is 34.1 Å². The van der Waals surface area contributed by atoms with Gasteiger partial charge in [0.1, 0.15) is 0 Å². The Bertz CT molecular complexity index is 3620. The minimum Gasteiger partial charge on any atom is -0.311 e. The molecule has 0 fully saturated rings. The third-order valence-corrected chi connectivity index (χ3v) is 15.8. The molecule has 0 unspecified atom stereocenters. The van der Waals surface area contributed by atoms with Crippen molar-refractivity contribution >= 4 is 111 Å². The van der Waals surface area contributed by atoms with E-state index in [1.807, 2.05) is 11.3 Å². The first-order valence-electron chi connectivity index (χ1n) is 23.3. The highest BCUT2D eigenvalue weighted by Gasteiger charge is 2.47. The fraction of sp³-hybridized carbons (Fsp3) is 0.271. The predicted molar refractivity (Wildman–Crippen MR) is 281 cm³/mol. The number of aromatic nitrogens is 1. The summed E-state index contributed by atoms with van der Waals surface area (Å²) in [6.45, 7) is 27.9. The zero-order valence-electron chi connectivity index (χ0n) is 39.7. The standard InChI is InChI=1S/C59H55BN4S/c1-56(2,3)34-17-21-45-41(25-34)42-26-36(58(7,8)9)29-49-54(42)63(45)50-30-37(59(10,11)12)28-44-55(50)64(49)48-24-33(32-61)23-47-53(48)60(44)43-27-35(57(4,5)6)18-22-46(43)62(47)38-19-20-40-39-15-13-14-16-51(39)65-52(40)31-38/h13-31H,1-12H3. The van der Waals surface area contributed by atoms with Crippen molar-refractivity contribution in [2.24, 2.45) is 0 Å². The topological polar surface area (TPSA) is 35.2 Å². The smallest absolute Gasteiger partial charge is 0.252 e. The zero-order valence-corrected chi connectivity index (χ0v) is 40.6. The lowest BCUT2D eigenvalue weighted by molar-refractivity contribution is 0.590. The van der Waals surface area contributed by atoms with Gasteiger partial charge in [-0.05, 0) is 127 Å². The van der Waals surface area contributed by atoms with Crippen molar-refractivity contribution in [1.29, 1.82) is 5.26 Å². The van der Waals surface area contributed by atoms with Crippen LogP contribution in [0.2, 0.25) is 0 Å². The molecule has 7 aromatic carbocycles. The Morgan fingerprint density at radius 2 is 1.08 bits per heavy atom. The second-order valence-corrected chi connectivity index (χ2v) is 24.2. The van der Waals surface area contributed by atoms with Gasteiger partial charge in [-0.25, -0.2) is 0 Å². The molecule has 0 N–H and O–H groups in total. The Hall–Kier alpha value is -6.29. The molecule has 5 heterocycles. The predicted octanol–water partition coefficient (Wildman–Crippen LogP) is 14.6. The summed E-state index contributed by atoms with van der Waals surface area (Å²) in [6, 6.07) is 47.0. The molecule has 12 rings (SSSR count). The number of anilines is 6. The Labute approximate surface area is 387 Å². The maximum absolute atomic E-state index is 11.1. The van der Waals surface area contributed by atoms with E-state index in [4.69, 9.17) is 0 Å². The van der Waals surface area contributed by atoms with Crippen LogP contribution in [0, 0.1) is 11.3 Å². The molecule has 3 aliphatic heterocycles. The van der Waals surface area contributed by atoms with E-state index in [2.05, 4.69) is 219 Å². The zero-order chi connectivity index (χ0) is 45.4. The SMILES string of the molecule is CC(C)(C)c1ccc2c(c1)B1c3cc(C(C)(C)C)cc4c3N(c3cc(C#N)cc(c31)N2c1ccc2c(c1)sc1ccccc12)c1cc(C(C)(C)C)cc2c3cc(C(C)(C)C)ccc3n-4c12. The Morgan fingerprint density at radius 1 is 0.477 bits per heavy atom. The number of benzene rings is 7. The highest BCUT2D eigenvalue weighted by Crippen LogP contribution is 2.55. The van der Waals surface area contributed by atoms with E-state index in [1.165, 1.54) is 97.7 Å². The van der Waals surface area contributed by atoms with E-state index < -0.39 is 0 Å². The maximum atomic E-state index is 11.1. The summed E-state index contributed by atoms with van der Waals surface area (Å²) in [6.07, 6.45) is 0. The van der Waals surface area contributed by atoms with Crippen LogP contribution in [0.15, 0.2) is 115 Å². The molecule has 4 nitrogen and oxygen atoms in total. The van der Waals surface area contributed by atoms with Crippen molar-refractivity contribution in [2.45, 2.75) is 105 Å². The Balaban J connectivity index is 1.25. The third kappa shape index (κ3) is 5.67. The number of nitrogens with zero attached hydrogens (tertiary/aromatic N) is 4. The van der Waals surface area contributed by atoms with Gasteiger partial charge in [-0.15, -0.1) is 11.3 Å². The first-order chi connectivity index (χ1) is 30.7. The summed E-state index contributed by atoms with van der Waals surface area (Å²) in [4.78, 5) is 5.04.